The van der Waals surface area contributed by atoms with E-state index in [9.17, 15) is 0 Å². The molecule has 0 radical (unpaired) electrons. The van der Waals surface area contributed by atoms with Crippen molar-refractivity contribution in [1.82, 2.24) is 15.1 Å². The lowest BCUT2D eigenvalue weighted by molar-refractivity contribution is 0.521. The second-order valence-electron chi connectivity index (χ2n) is 5.47. The number of hydrogen-bond acceptors (Lipinski definition) is 2. The van der Waals surface area contributed by atoms with E-state index in [2.05, 4.69) is 70.5 Å². The van der Waals surface area contributed by atoms with Crippen LogP contribution in [0.25, 0.3) is 0 Å². The van der Waals surface area contributed by atoms with E-state index in [1.165, 1.54) is 10.0 Å². The van der Waals surface area contributed by atoms with Gasteiger partial charge in [-0.3, -0.25) is 4.68 Å². The van der Waals surface area contributed by atoms with Crippen LogP contribution in [0.2, 0.25) is 0 Å². The second kappa shape index (κ2) is 7.04. The van der Waals surface area contributed by atoms with Crippen LogP contribution in [0, 0.1) is 0 Å². The number of aromatic nitrogens is 2. The molecule has 0 fully saturated rings. The largest absolute Gasteiger partial charge is 0.314 e. The number of rotatable bonds is 6. The van der Waals surface area contributed by atoms with E-state index in [4.69, 9.17) is 0 Å². The molecule has 1 unspecified atom stereocenters. The first-order chi connectivity index (χ1) is 9.56. The number of aryl methyl sites for hydroxylation is 1. The molecule has 0 amide bonds. The molecule has 0 aliphatic rings. The maximum atomic E-state index is 4.51. The van der Waals surface area contributed by atoms with Crippen LogP contribution in [-0.4, -0.2) is 22.4 Å². The molecule has 2 rings (SSSR count). The maximum absolute atomic E-state index is 4.51. The summed E-state index contributed by atoms with van der Waals surface area (Å²) >= 11 is 3.67. The molecule has 0 saturated carbocycles. The SMILES string of the molecule is CC(C)NCC(Cc1ccn(C)n1)c1ccccc1Br. The van der Waals surface area contributed by atoms with E-state index < -0.39 is 0 Å². The second-order valence-corrected chi connectivity index (χ2v) is 6.32. The van der Waals surface area contributed by atoms with E-state index in [1.807, 2.05) is 17.9 Å². The van der Waals surface area contributed by atoms with E-state index >= 15 is 0 Å². The van der Waals surface area contributed by atoms with E-state index in [1.54, 1.807) is 0 Å². The summed E-state index contributed by atoms with van der Waals surface area (Å²) < 4.78 is 3.04. The maximum Gasteiger partial charge on any atom is 0.0631 e. The Morgan fingerprint density at radius 3 is 2.60 bits per heavy atom. The van der Waals surface area contributed by atoms with Crippen molar-refractivity contribution < 1.29 is 0 Å². The molecule has 108 valence electrons. The van der Waals surface area contributed by atoms with E-state index in [-0.39, 0.29) is 0 Å². The van der Waals surface area contributed by atoms with Crippen molar-refractivity contribution in [2.75, 3.05) is 6.54 Å². The normalized spacial score (nSPS) is 12.8. The van der Waals surface area contributed by atoms with Gasteiger partial charge in [0.25, 0.3) is 0 Å². The average molecular weight is 336 g/mol. The molecule has 1 aromatic heterocycles. The van der Waals surface area contributed by atoms with Gasteiger partial charge in [-0.05, 0) is 24.1 Å². The summed E-state index contributed by atoms with van der Waals surface area (Å²) in [5.74, 6) is 0.419. The highest BCUT2D eigenvalue weighted by Crippen LogP contribution is 2.27. The van der Waals surface area contributed by atoms with Gasteiger partial charge in [0.2, 0.25) is 0 Å². The molecular weight excluding hydrogens is 314 g/mol. The molecule has 1 N–H and O–H groups in total. The highest BCUT2D eigenvalue weighted by molar-refractivity contribution is 9.10. The van der Waals surface area contributed by atoms with Crippen LogP contribution in [0.1, 0.15) is 31.0 Å². The molecule has 1 atom stereocenters. The quantitative estimate of drug-likeness (QED) is 0.875. The number of benzene rings is 1. The summed E-state index contributed by atoms with van der Waals surface area (Å²) in [4.78, 5) is 0. The lowest BCUT2D eigenvalue weighted by atomic mass is 9.94. The average Bonchev–Trinajstić information content (AvgIpc) is 2.81. The fourth-order valence-corrected chi connectivity index (χ4v) is 2.91. The van der Waals surface area contributed by atoms with Gasteiger partial charge in [-0.1, -0.05) is 48.0 Å². The highest BCUT2D eigenvalue weighted by atomic mass is 79.9. The summed E-state index contributed by atoms with van der Waals surface area (Å²) in [5.41, 5.74) is 2.48. The molecule has 0 aliphatic heterocycles. The van der Waals surface area contributed by atoms with Crippen molar-refractivity contribution in [3.8, 4) is 0 Å². The molecule has 3 nitrogen and oxygen atoms in total. The zero-order chi connectivity index (χ0) is 14.5. The van der Waals surface area contributed by atoms with Crippen LogP contribution in [-0.2, 0) is 13.5 Å². The van der Waals surface area contributed by atoms with Crippen LogP contribution in [0.4, 0.5) is 0 Å². The van der Waals surface area contributed by atoms with Gasteiger partial charge in [0.1, 0.15) is 0 Å². The smallest absolute Gasteiger partial charge is 0.0631 e. The first kappa shape index (κ1) is 15.3. The Hall–Kier alpha value is -1.13. The topological polar surface area (TPSA) is 29.9 Å². The van der Waals surface area contributed by atoms with E-state index in [0.29, 0.717) is 12.0 Å². The number of halogens is 1. The summed E-state index contributed by atoms with van der Waals surface area (Å²) in [6.45, 7) is 5.31. The van der Waals surface area contributed by atoms with Gasteiger partial charge in [-0.15, -0.1) is 0 Å². The van der Waals surface area contributed by atoms with Crippen molar-refractivity contribution in [1.29, 1.82) is 0 Å². The molecular formula is C16H22BrN3. The molecule has 0 spiro atoms. The monoisotopic (exact) mass is 335 g/mol. The highest BCUT2D eigenvalue weighted by Gasteiger charge is 2.16. The molecule has 20 heavy (non-hydrogen) atoms. The van der Waals surface area contributed by atoms with Crippen LogP contribution < -0.4 is 5.32 Å². The minimum atomic E-state index is 0.419. The van der Waals surface area contributed by atoms with Gasteiger partial charge in [-0.2, -0.15) is 5.10 Å². The van der Waals surface area contributed by atoms with Gasteiger partial charge in [0, 0.05) is 36.2 Å². The summed E-state index contributed by atoms with van der Waals surface area (Å²) in [7, 11) is 1.96. The number of nitrogens with one attached hydrogen (secondary N) is 1. The van der Waals surface area contributed by atoms with Crippen LogP contribution in [0.3, 0.4) is 0 Å². The summed E-state index contributed by atoms with van der Waals surface area (Å²) in [5, 5.41) is 8.05. The van der Waals surface area contributed by atoms with Gasteiger partial charge >= 0.3 is 0 Å². The Balaban J connectivity index is 2.18. The van der Waals surface area contributed by atoms with Crippen molar-refractivity contribution in [2.24, 2.45) is 7.05 Å². The first-order valence-corrected chi connectivity index (χ1v) is 7.82. The standard InChI is InChI=1S/C16H22BrN3/c1-12(2)18-11-13(10-14-8-9-20(3)19-14)15-6-4-5-7-16(15)17/h4-9,12-13,18H,10-11H2,1-3H3. The zero-order valence-corrected chi connectivity index (χ0v) is 13.9. The van der Waals surface area contributed by atoms with Crippen LogP contribution >= 0.6 is 15.9 Å². The van der Waals surface area contributed by atoms with Gasteiger partial charge in [0.15, 0.2) is 0 Å². The summed E-state index contributed by atoms with van der Waals surface area (Å²) in [6, 6.07) is 11.0. The fraction of sp³-hybridized carbons (Fsp3) is 0.438. The van der Waals surface area contributed by atoms with Crippen molar-refractivity contribution in [3.05, 3.63) is 52.3 Å². The zero-order valence-electron chi connectivity index (χ0n) is 12.3. The minimum absolute atomic E-state index is 0.419. The number of hydrogen-bond donors (Lipinski definition) is 1. The molecule has 2 aromatic rings. The van der Waals surface area contributed by atoms with Crippen LogP contribution in [0.15, 0.2) is 41.0 Å². The Kier molecular flexibility index (Phi) is 5.38. The lowest BCUT2D eigenvalue weighted by Gasteiger charge is -2.20. The molecule has 0 saturated heterocycles. The molecule has 1 aromatic carbocycles. The third kappa shape index (κ3) is 4.18. The third-order valence-corrected chi connectivity index (χ3v) is 4.06. The van der Waals surface area contributed by atoms with Gasteiger partial charge < -0.3 is 5.32 Å². The van der Waals surface area contributed by atoms with Crippen molar-refractivity contribution in [2.45, 2.75) is 32.2 Å². The van der Waals surface area contributed by atoms with Crippen LogP contribution in [0.5, 0.6) is 0 Å². The predicted molar refractivity (Wildman–Crippen MR) is 86.9 cm³/mol. The van der Waals surface area contributed by atoms with Crippen molar-refractivity contribution in [3.63, 3.8) is 0 Å². The Morgan fingerprint density at radius 2 is 2.00 bits per heavy atom. The Bertz CT molecular complexity index is 548. The number of nitrogens with zero attached hydrogens (tertiary/aromatic N) is 2. The fourth-order valence-electron chi connectivity index (χ4n) is 2.30. The molecule has 0 aliphatic carbocycles. The lowest BCUT2D eigenvalue weighted by Crippen LogP contribution is -2.29. The van der Waals surface area contributed by atoms with Gasteiger partial charge in [0.05, 0.1) is 5.69 Å². The predicted octanol–water partition coefficient (Wildman–Crippen LogP) is 3.51. The Labute approximate surface area is 129 Å². The molecule has 0 bridgehead atoms. The summed E-state index contributed by atoms with van der Waals surface area (Å²) in [6.07, 6.45) is 2.95. The minimum Gasteiger partial charge on any atom is -0.314 e. The first-order valence-electron chi connectivity index (χ1n) is 7.02. The third-order valence-electron chi connectivity index (χ3n) is 3.34. The van der Waals surface area contributed by atoms with Crippen molar-refractivity contribution >= 4 is 15.9 Å². The van der Waals surface area contributed by atoms with E-state index in [0.717, 1.165) is 18.7 Å². The molecule has 1 heterocycles. The molecule has 4 heteroatoms. The van der Waals surface area contributed by atoms with Gasteiger partial charge in [-0.25, -0.2) is 0 Å². The Morgan fingerprint density at radius 1 is 1.25 bits per heavy atom.